The van der Waals surface area contributed by atoms with E-state index in [-0.39, 0.29) is 0 Å². The number of amides is 1. The van der Waals surface area contributed by atoms with Gasteiger partial charge < -0.3 is 14.6 Å². The number of carbonyl (C=O) groups is 1. The van der Waals surface area contributed by atoms with Gasteiger partial charge in [0.25, 0.3) is 0 Å². The number of benzene rings is 1. The summed E-state index contributed by atoms with van der Waals surface area (Å²) < 4.78 is 7.17. The molecule has 0 unspecified atom stereocenters. The SMILES string of the molecule is CC(C)(C)OC(=O)NCCc1cncn1-c1ccc(CC#N)cc1. The van der Waals surface area contributed by atoms with Crippen molar-refractivity contribution in [2.45, 2.75) is 39.2 Å². The predicted octanol–water partition coefficient (Wildman–Crippen LogP) is 3.01. The van der Waals surface area contributed by atoms with Gasteiger partial charge >= 0.3 is 6.09 Å². The molecule has 0 aliphatic heterocycles. The van der Waals surface area contributed by atoms with E-state index in [2.05, 4.69) is 16.4 Å². The van der Waals surface area contributed by atoms with E-state index in [4.69, 9.17) is 10.00 Å². The number of imidazole rings is 1. The van der Waals surface area contributed by atoms with Crippen molar-refractivity contribution in [1.29, 1.82) is 5.26 Å². The van der Waals surface area contributed by atoms with Crippen molar-refractivity contribution in [3.63, 3.8) is 0 Å². The third kappa shape index (κ3) is 5.13. The van der Waals surface area contributed by atoms with Gasteiger partial charge in [-0.1, -0.05) is 12.1 Å². The summed E-state index contributed by atoms with van der Waals surface area (Å²) in [4.78, 5) is 15.8. The fourth-order valence-corrected chi connectivity index (χ4v) is 2.21. The molecule has 6 nitrogen and oxygen atoms in total. The van der Waals surface area contributed by atoms with Gasteiger partial charge in [0.2, 0.25) is 0 Å². The highest BCUT2D eigenvalue weighted by Gasteiger charge is 2.15. The van der Waals surface area contributed by atoms with E-state index in [1.807, 2.05) is 49.6 Å². The standard InChI is InChI=1S/C18H22N4O2/c1-18(2,3)24-17(23)21-11-9-16-12-20-13-22(16)15-6-4-14(5-7-15)8-10-19/h4-7,12-13H,8-9,11H2,1-3H3,(H,21,23). The molecule has 0 saturated heterocycles. The molecular formula is C18H22N4O2. The summed E-state index contributed by atoms with van der Waals surface area (Å²) in [6.07, 6.45) is 4.13. The molecule has 0 radical (unpaired) electrons. The van der Waals surface area contributed by atoms with Crippen LogP contribution in [0.2, 0.25) is 0 Å². The summed E-state index contributed by atoms with van der Waals surface area (Å²) in [5.74, 6) is 0. The van der Waals surface area contributed by atoms with Gasteiger partial charge in [0.05, 0.1) is 18.8 Å². The van der Waals surface area contributed by atoms with Gasteiger partial charge in [-0.3, -0.25) is 0 Å². The van der Waals surface area contributed by atoms with Crippen molar-refractivity contribution < 1.29 is 9.53 Å². The molecule has 2 aromatic rings. The van der Waals surface area contributed by atoms with Gasteiger partial charge in [-0.05, 0) is 38.5 Å². The van der Waals surface area contributed by atoms with Crippen molar-refractivity contribution >= 4 is 6.09 Å². The van der Waals surface area contributed by atoms with Gasteiger partial charge in [-0.25, -0.2) is 9.78 Å². The number of aromatic nitrogens is 2. The number of hydrogen-bond acceptors (Lipinski definition) is 4. The average Bonchev–Trinajstić information content (AvgIpc) is 2.95. The zero-order chi connectivity index (χ0) is 17.6. The Morgan fingerprint density at radius 3 is 2.67 bits per heavy atom. The lowest BCUT2D eigenvalue weighted by molar-refractivity contribution is 0.0528. The maximum Gasteiger partial charge on any atom is 0.407 e. The van der Waals surface area contributed by atoms with Crippen molar-refractivity contribution in [2.24, 2.45) is 0 Å². The molecule has 0 fully saturated rings. The number of nitriles is 1. The largest absolute Gasteiger partial charge is 0.444 e. The normalized spacial score (nSPS) is 10.9. The maximum absolute atomic E-state index is 11.7. The van der Waals surface area contributed by atoms with Gasteiger partial charge in [-0.15, -0.1) is 0 Å². The molecule has 1 heterocycles. The van der Waals surface area contributed by atoms with E-state index < -0.39 is 11.7 Å². The Bertz CT molecular complexity index is 721. The summed E-state index contributed by atoms with van der Waals surface area (Å²) in [6, 6.07) is 9.91. The third-order valence-electron chi connectivity index (χ3n) is 3.26. The summed E-state index contributed by atoms with van der Waals surface area (Å²) in [6.45, 7) is 5.96. The fraction of sp³-hybridized carbons (Fsp3) is 0.389. The number of carbonyl (C=O) groups excluding carboxylic acids is 1. The van der Waals surface area contributed by atoms with Crippen LogP contribution < -0.4 is 5.32 Å². The van der Waals surface area contributed by atoms with E-state index in [1.165, 1.54) is 0 Å². The van der Waals surface area contributed by atoms with E-state index in [9.17, 15) is 4.79 Å². The number of ether oxygens (including phenoxy) is 1. The average molecular weight is 326 g/mol. The van der Waals surface area contributed by atoms with Gasteiger partial charge in [-0.2, -0.15) is 5.26 Å². The molecule has 0 aliphatic rings. The van der Waals surface area contributed by atoms with E-state index in [0.717, 1.165) is 16.9 Å². The molecule has 24 heavy (non-hydrogen) atoms. The first-order valence-corrected chi connectivity index (χ1v) is 7.83. The van der Waals surface area contributed by atoms with E-state index >= 15 is 0 Å². The van der Waals surface area contributed by atoms with E-state index in [1.54, 1.807) is 12.5 Å². The molecular weight excluding hydrogens is 304 g/mol. The van der Waals surface area contributed by atoms with Crippen LogP contribution >= 0.6 is 0 Å². The number of hydrogen-bond donors (Lipinski definition) is 1. The predicted molar refractivity (Wildman–Crippen MR) is 90.8 cm³/mol. The molecule has 0 atom stereocenters. The molecule has 0 bridgehead atoms. The minimum atomic E-state index is -0.503. The zero-order valence-electron chi connectivity index (χ0n) is 14.2. The quantitative estimate of drug-likeness (QED) is 0.916. The van der Waals surface area contributed by atoms with Crippen LogP contribution in [-0.4, -0.2) is 27.8 Å². The molecule has 1 aromatic carbocycles. The minimum absolute atomic E-state index is 0.400. The zero-order valence-corrected chi connectivity index (χ0v) is 14.2. The Morgan fingerprint density at radius 1 is 1.33 bits per heavy atom. The molecule has 1 aromatic heterocycles. The highest BCUT2D eigenvalue weighted by Crippen LogP contribution is 2.13. The smallest absolute Gasteiger partial charge is 0.407 e. The Hall–Kier alpha value is -2.81. The number of alkyl carbamates (subject to hydrolysis) is 1. The molecule has 1 N–H and O–H groups in total. The van der Waals surface area contributed by atoms with Crippen molar-refractivity contribution in [1.82, 2.24) is 14.9 Å². The van der Waals surface area contributed by atoms with Crippen LogP contribution in [0.4, 0.5) is 4.79 Å². The third-order valence-corrected chi connectivity index (χ3v) is 3.26. The van der Waals surface area contributed by atoms with Crippen molar-refractivity contribution in [3.8, 4) is 11.8 Å². The van der Waals surface area contributed by atoms with Crippen LogP contribution in [-0.2, 0) is 17.6 Å². The van der Waals surface area contributed by atoms with Crippen molar-refractivity contribution in [3.05, 3.63) is 48.0 Å². The first kappa shape index (κ1) is 17.5. The molecule has 0 saturated carbocycles. The number of rotatable bonds is 5. The molecule has 0 aliphatic carbocycles. The summed E-state index contributed by atoms with van der Waals surface area (Å²) in [5.41, 5.74) is 2.44. The number of nitrogens with one attached hydrogen (secondary N) is 1. The summed E-state index contributed by atoms with van der Waals surface area (Å²) in [7, 11) is 0. The Balaban J connectivity index is 1.95. The second-order valence-corrected chi connectivity index (χ2v) is 6.43. The first-order valence-electron chi connectivity index (χ1n) is 7.83. The Labute approximate surface area is 142 Å². The lowest BCUT2D eigenvalue weighted by atomic mass is 10.1. The molecule has 2 rings (SSSR count). The van der Waals surface area contributed by atoms with Gasteiger partial charge in [0.15, 0.2) is 0 Å². The highest BCUT2D eigenvalue weighted by molar-refractivity contribution is 5.67. The Kier molecular flexibility index (Phi) is 5.59. The summed E-state index contributed by atoms with van der Waals surface area (Å²) in [5, 5.41) is 11.5. The Morgan fingerprint density at radius 2 is 2.04 bits per heavy atom. The first-order chi connectivity index (χ1) is 11.4. The van der Waals surface area contributed by atoms with E-state index in [0.29, 0.717) is 19.4 Å². The van der Waals surface area contributed by atoms with Crippen LogP contribution in [0, 0.1) is 11.3 Å². The monoisotopic (exact) mass is 326 g/mol. The van der Waals surface area contributed by atoms with Crippen LogP contribution in [0.25, 0.3) is 5.69 Å². The van der Waals surface area contributed by atoms with Crippen LogP contribution in [0.1, 0.15) is 32.0 Å². The molecule has 126 valence electrons. The minimum Gasteiger partial charge on any atom is -0.444 e. The maximum atomic E-state index is 11.7. The topological polar surface area (TPSA) is 79.9 Å². The fourth-order valence-electron chi connectivity index (χ4n) is 2.21. The van der Waals surface area contributed by atoms with Crippen LogP contribution in [0.5, 0.6) is 0 Å². The lowest BCUT2D eigenvalue weighted by Gasteiger charge is -2.19. The van der Waals surface area contributed by atoms with Gasteiger partial charge in [0.1, 0.15) is 5.60 Å². The van der Waals surface area contributed by atoms with Crippen molar-refractivity contribution in [2.75, 3.05) is 6.54 Å². The lowest BCUT2D eigenvalue weighted by Crippen LogP contribution is -2.33. The highest BCUT2D eigenvalue weighted by atomic mass is 16.6. The second kappa shape index (κ2) is 7.64. The molecule has 6 heteroatoms. The summed E-state index contributed by atoms with van der Waals surface area (Å²) >= 11 is 0. The van der Waals surface area contributed by atoms with Gasteiger partial charge in [0, 0.05) is 30.5 Å². The second-order valence-electron chi connectivity index (χ2n) is 6.43. The van der Waals surface area contributed by atoms with Crippen LogP contribution in [0.3, 0.4) is 0 Å². The van der Waals surface area contributed by atoms with Crippen LogP contribution in [0.15, 0.2) is 36.8 Å². The molecule has 0 spiro atoms. The number of nitrogens with zero attached hydrogens (tertiary/aromatic N) is 3. The molecule has 1 amide bonds.